The van der Waals surface area contributed by atoms with Crippen molar-refractivity contribution in [3.63, 3.8) is 0 Å². The molecule has 0 bridgehead atoms. The van der Waals surface area contributed by atoms with Crippen molar-refractivity contribution >= 4 is 47.0 Å². The number of ether oxygens (including phenoxy) is 1. The number of amides is 2. The number of benzene rings is 4. The highest BCUT2D eigenvalue weighted by Gasteiger charge is 2.16. The molecule has 2 N–H and O–H groups in total. The Balaban J connectivity index is 1.49. The van der Waals surface area contributed by atoms with E-state index in [0.717, 1.165) is 5.56 Å². The number of nitrogens with one attached hydrogen (secondary N) is 2. The Morgan fingerprint density at radius 1 is 0.795 bits per heavy atom. The van der Waals surface area contributed by atoms with Crippen LogP contribution in [0.4, 0.5) is 5.69 Å². The van der Waals surface area contributed by atoms with Gasteiger partial charge in [0.25, 0.3) is 11.8 Å². The second-order valence-electron chi connectivity index (χ2n) is 8.41. The lowest BCUT2D eigenvalue weighted by molar-refractivity contribution is -0.113. The summed E-state index contributed by atoms with van der Waals surface area (Å²) in [6.07, 6.45) is 4.70. The van der Waals surface area contributed by atoms with Gasteiger partial charge in [0.05, 0.1) is 7.11 Å². The molecule has 2 amide bonds. The standard InChI is InChI=1S/C32H25ClN2O4/c1-39-27-12-7-8-22(20-27)14-19-30(36)23-15-17-26(18-16-23)34-32(38)29(21-25-11-5-6-13-28(25)33)35-31(37)24-9-3-2-4-10-24/h2-21H,1H3,(H,34,38)(H,35,37)/b19-14+,29-21-. The fourth-order valence-electron chi connectivity index (χ4n) is 3.62. The second kappa shape index (κ2) is 13.0. The molecular weight excluding hydrogens is 512 g/mol. The number of ketones is 1. The maximum atomic E-state index is 13.2. The molecule has 7 heteroatoms. The molecule has 39 heavy (non-hydrogen) atoms. The number of methoxy groups -OCH3 is 1. The van der Waals surface area contributed by atoms with Crippen molar-refractivity contribution in [2.24, 2.45) is 0 Å². The van der Waals surface area contributed by atoms with Gasteiger partial charge in [-0.05, 0) is 77.9 Å². The van der Waals surface area contributed by atoms with Crippen LogP contribution in [0.3, 0.4) is 0 Å². The summed E-state index contributed by atoms with van der Waals surface area (Å²) >= 11 is 6.28. The molecule has 4 aromatic carbocycles. The summed E-state index contributed by atoms with van der Waals surface area (Å²) in [5.41, 5.74) is 2.73. The summed E-state index contributed by atoms with van der Waals surface area (Å²) in [5, 5.41) is 5.88. The zero-order valence-electron chi connectivity index (χ0n) is 21.1. The molecule has 0 atom stereocenters. The SMILES string of the molecule is COc1cccc(/C=C/C(=O)c2ccc(NC(=O)/C(=C/c3ccccc3Cl)NC(=O)c3ccccc3)cc2)c1. The first kappa shape index (κ1) is 27.1. The largest absolute Gasteiger partial charge is 0.497 e. The molecule has 0 spiro atoms. The Morgan fingerprint density at radius 3 is 2.23 bits per heavy atom. The number of allylic oxidation sites excluding steroid dienone is 1. The fraction of sp³-hybridized carbons (Fsp3) is 0.0312. The van der Waals surface area contributed by atoms with Crippen LogP contribution in [0.1, 0.15) is 31.8 Å². The van der Waals surface area contributed by atoms with E-state index in [2.05, 4.69) is 10.6 Å². The van der Waals surface area contributed by atoms with E-state index in [4.69, 9.17) is 16.3 Å². The van der Waals surface area contributed by atoms with Gasteiger partial charge in [-0.25, -0.2) is 0 Å². The van der Waals surface area contributed by atoms with Gasteiger partial charge in [0.15, 0.2) is 5.78 Å². The first-order valence-electron chi connectivity index (χ1n) is 12.0. The smallest absolute Gasteiger partial charge is 0.272 e. The van der Waals surface area contributed by atoms with Crippen LogP contribution in [0.15, 0.2) is 115 Å². The van der Waals surface area contributed by atoms with E-state index in [1.165, 1.54) is 12.2 Å². The Bertz CT molecular complexity index is 1540. The van der Waals surface area contributed by atoms with Crippen LogP contribution >= 0.6 is 11.6 Å². The molecule has 0 unspecified atom stereocenters. The summed E-state index contributed by atoms with van der Waals surface area (Å²) < 4.78 is 5.20. The highest BCUT2D eigenvalue weighted by molar-refractivity contribution is 6.32. The molecule has 0 aliphatic carbocycles. The van der Waals surface area contributed by atoms with Gasteiger partial charge >= 0.3 is 0 Å². The van der Waals surface area contributed by atoms with Crippen molar-refractivity contribution in [3.05, 3.63) is 142 Å². The first-order chi connectivity index (χ1) is 18.9. The lowest BCUT2D eigenvalue weighted by Crippen LogP contribution is -2.30. The van der Waals surface area contributed by atoms with E-state index in [0.29, 0.717) is 33.1 Å². The minimum absolute atomic E-state index is 0.0123. The molecule has 0 heterocycles. The molecule has 4 aromatic rings. The Hall–Kier alpha value is -4.94. The van der Waals surface area contributed by atoms with E-state index in [1.54, 1.807) is 92.0 Å². The molecule has 0 fully saturated rings. The van der Waals surface area contributed by atoms with Crippen molar-refractivity contribution in [3.8, 4) is 5.75 Å². The van der Waals surface area contributed by atoms with Crippen molar-refractivity contribution in [1.82, 2.24) is 5.32 Å². The number of carbonyl (C=O) groups excluding carboxylic acids is 3. The summed E-state index contributed by atoms with van der Waals surface area (Å²) in [6.45, 7) is 0. The monoisotopic (exact) mass is 536 g/mol. The van der Waals surface area contributed by atoms with Crippen LogP contribution in [0, 0.1) is 0 Å². The normalized spacial score (nSPS) is 11.2. The Labute approximate surface area is 231 Å². The highest BCUT2D eigenvalue weighted by atomic mass is 35.5. The molecule has 4 rings (SSSR count). The number of rotatable bonds is 9. The second-order valence-corrected chi connectivity index (χ2v) is 8.81. The number of hydrogen-bond donors (Lipinski definition) is 2. The van der Waals surface area contributed by atoms with Crippen LogP contribution in [0.25, 0.3) is 12.2 Å². The summed E-state index contributed by atoms with van der Waals surface area (Å²) in [6, 6.07) is 29.4. The van der Waals surface area contributed by atoms with Gasteiger partial charge < -0.3 is 15.4 Å². The molecule has 6 nitrogen and oxygen atoms in total. The average molecular weight is 537 g/mol. The zero-order valence-corrected chi connectivity index (χ0v) is 21.8. The van der Waals surface area contributed by atoms with Gasteiger partial charge in [-0.3, -0.25) is 14.4 Å². The van der Waals surface area contributed by atoms with Crippen molar-refractivity contribution in [1.29, 1.82) is 0 Å². The lowest BCUT2D eigenvalue weighted by Gasteiger charge is -2.12. The lowest BCUT2D eigenvalue weighted by atomic mass is 10.1. The third-order valence-corrected chi connectivity index (χ3v) is 6.03. The first-order valence-corrected chi connectivity index (χ1v) is 12.4. The Morgan fingerprint density at radius 2 is 1.51 bits per heavy atom. The van der Waals surface area contributed by atoms with Gasteiger partial charge in [-0.1, -0.05) is 66.2 Å². The summed E-state index contributed by atoms with van der Waals surface area (Å²) in [5.74, 6) is -0.471. The van der Waals surface area contributed by atoms with Gasteiger partial charge in [-0.2, -0.15) is 0 Å². The summed E-state index contributed by atoms with van der Waals surface area (Å²) in [4.78, 5) is 38.6. The molecule has 0 radical (unpaired) electrons. The van der Waals surface area contributed by atoms with E-state index in [1.807, 2.05) is 24.3 Å². The van der Waals surface area contributed by atoms with E-state index in [-0.39, 0.29) is 11.5 Å². The molecular formula is C32H25ClN2O4. The predicted octanol–water partition coefficient (Wildman–Crippen LogP) is 6.65. The minimum Gasteiger partial charge on any atom is -0.497 e. The number of anilines is 1. The molecule has 0 aliphatic heterocycles. The van der Waals surface area contributed by atoms with Gasteiger partial charge in [0.1, 0.15) is 11.4 Å². The van der Waals surface area contributed by atoms with Gasteiger partial charge in [0.2, 0.25) is 0 Å². The fourth-order valence-corrected chi connectivity index (χ4v) is 3.81. The van der Waals surface area contributed by atoms with Crippen LogP contribution < -0.4 is 15.4 Å². The molecule has 0 saturated heterocycles. The maximum absolute atomic E-state index is 13.2. The number of halogens is 1. The topological polar surface area (TPSA) is 84.5 Å². The van der Waals surface area contributed by atoms with Crippen molar-refractivity contribution in [2.45, 2.75) is 0 Å². The summed E-state index contributed by atoms with van der Waals surface area (Å²) in [7, 11) is 1.58. The molecule has 0 aromatic heterocycles. The number of hydrogen-bond acceptors (Lipinski definition) is 4. The van der Waals surface area contributed by atoms with E-state index < -0.39 is 11.8 Å². The minimum atomic E-state index is -0.545. The molecule has 0 aliphatic rings. The van der Waals surface area contributed by atoms with Crippen molar-refractivity contribution in [2.75, 3.05) is 12.4 Å². The average Bonchev–Trinajstić information content (AvgIpc) is 2.97. The molecule has 0 saturated carbocycles. The third kappa shape index (κ3) is 7.53. The van der Waals surface area contributed by atoms with Crippen molar-refractivity contribution < 1.29 is 19.1 Å². The quantitative estimate of drug-likeness (QED) is 0.185. The number of carbonyl (C=O) groups is 3. The predicted molar refractivity (Wildman–Crippen MR) is 155 cm³/mol. The maximum Gasteiger partial charge on any atom is 0.272 e. The third-order valence-electron chi connectivity index (χ3n) is 5.68. The van der Waals surface area contributed by atoms with Gasteiger partial charge in [-0.15, -0.1) is 0 Å². The molecule has 194 valence electrons. The van der Waals surface area contributed by atoms with Crippen LogP contribution in [-0.2, 0) is 4.79 Å². The zero-order chi connectivity index (χ0) is 27.6. The highest BCUT2D eigenvalue weighted by Crippen LogP contribution is 2.19. The van der Waals surface area contributed by atoms with E-state index >= 15 is 0 Å². The van der Waals surface area contributed by atoms with Crippen LogP contribution in [-0.4, -0.2) is 24.7 Å². The van der Waals surface area contributed by atoms with Gasteiger partial charge in [0, 0.05) is 21.8 Å². The van der Waals surface area contributed by atoms with Crippen LogP contribution in [0.2, 0.25) is 5.02 Å². The Kier molecular flexibility index (Phi) is 9.06. The van der Waals surface area contributed by atoms with Crippen LogP contribution in [0.5, 0.6) is 5.75 Å². The van der Waals surface area contributed by atoms with E-state index in [9.17, 15) is 14.4 Å².